The maximum Gasteiger partial charge on any atom is 0.417 e. The van der Waals surface area contributed by atoms with E-state index in [9.17, 15) is 18.0 Å². The molecule has 1 aromatic heterocycles. The topological polar surface area (TPSA) is 67.9 Å². The number of benzene rings is 4. The molecule has 198 valence electrons. The molecule has 4 aromatic carbocycles. The van der Waals surface area contributed by atoms with E-state index in [1.54, 1.807) is 24.3 Å². The molecule has 0 spiro atoms. The fourth-order valence-electron chi connectivity index (χ4n) is 4.10. The fourth-order valence-corrected chi connectivity index (χ4v) is 4.10. The molecule has 1 heterocycles. The van der Waals surface area contributed by atoms with Gasteiger partial charge in [0.05, 0.1) is 11.1 Å². The summed E-state index contributed by atoms with van der Waals surface area (Å²) in [5, 5.41) is 0. The third-order valence-corrected chi connectivity index (χ3v) is 5.96. The van der Waals surface area contributed by atoms with E-state index in [-0.39, 0.29) is 29.6 Å². The summed E-state index contributed by atoms with van der Waals surface area (Å²) in [4.78, 5) is 23.1. The van der Waals surface area contributed by atoms with E-state index in [2.05, 4.69) is 26.8 Å². The largest absolute Gasteiger partial charge is 0.488 e. The van der Waals surface area contributed by atoms with Crippen LogP contribution in [0.2, 0.25) is 0 Å². The van der Waals surface area contributed by atoms with Gasteiger partial charge in [0.25, 0.3) is 0 Å². The Kier molecular flexibility index (Phi) is 7.47. The van der Waals surface area contributed by atoms with Gasteiger partial charge in [-0.25, -0.2) is 9.78 Å². The van der Waals surface area contributed by atoms with Crippen molar-refractivity contribution >= 4 is 0 Å². The van der Waals surface area contributed by atoms with Crippen LogP contribution in [0.1, 0.15) is 27.8 Å². The average molecular weight is 538 g/mol. The van der Waals surface area contributed by atoms with E-state index in [0.717, 1.165) is 22.8 Å². The lowest BCUT2D eigenvalue weighted by atomic mass is 10.0. The van der Waals surface area contributed by atoms with Crippen LogP contribution >= 0.6 is 0 Å². The number of alkyl halides is 3. The number of halogens is 3. The van der Waals surface area contributed by atoms with Crippen molar-refractivity contribution in [2.24, 2.45) is 0 Å². The summed E-state index contributed by atoms with van der Waals surface area (Å²) >= 11 is 0. The van der Waals surface area contributed by atoms with E-state index in [1.165, 1.54) is 12.1 Å². The molecule has 0 atom stereocenters. The lowest BCUT2D eigenvalue weighted by Crippen LogP contribution is -2.17. The fraction of sp³-hybridized carbons (Fsp3) is 0.0938. The summed E-state index contributed by atoms with van der Waals surface area (Å²) in [7, 11) is 0. The molecule has 0 saturated heterocycles. The van der Waals surface area contributed by atoms with Crippen LogP contribution in [0.25, 0.3) is 22.8 Å². The molecule has 8 heteroatoms. The van der Waals surface area contributed by atoms with E-state index < -0.39 is 17.4 Å². The summed E-state index contributed by atoms with van der Waals surface area (Å²) in [6.07, 6.45) is -4.72. The van der Waals surface area contributed by atoms with Gasteiger partial charge in [-0.2, -0.15) is 18.2 Å². The Morgan fingerprint density at radius 2 is 1.52 bits per heavy atom. The molecule has 0 amide bonds. The Morgan fingerprint density at radius 1 is 0.825 bits per heavy atom. The maximum atomic E-state index is 14.1. The lowest BCUT2D eigenvalue weighted by molar-refractivity contribution is -0.137. The number of aryl methyl sites for hydroxylation is 1. The Balaban J connectivity index is 1.51. The third kappa shape index (κ3) is 6.27. The smallest absolute Gasteiger partial charge is 0.417 e. The second-order valence-electron chi connectivity index (χ2n) is 8.97. The van der Waals surface area contributed by atoms with Crippen LogP contribution in [0.3, 0.4) is 0 Å². The molecule has 0 fully saturated rings. The average Bonchev–Trinajstić information content (AvgIpc) is 2.95. The molecule has 0 bridgehead atoms. The van der Waals surface area contributed by atoms with E-state index in [1.807, 2.05) is 61.5 Å². The highest BCUT2D eigenvalue weighted by molar-refractivity contribution is 5.71. The minimum Gasteiger partial charge on any atom is -0.488 e. The first-order valence-electron chi connectivity index (χ1n) is 12.3. The highest BCUT2D eigenvalue weighted by Gasteiger charge is 2.36. The molecule has 5 aromatic rings. The van der Waals surface area contributed by atoms with Crippen LogP contribution in [-0.2, 0) is 12.8 Å². The van der Waals surface area contributed by atoms with Gasteiger partial charge in [-0.3, -0.25) is 4.98 Å². The van der Waals surface area contributed by atoms with Crippen LogP contribution in [0.4, 0.5) is 13.2 Å². The number of aromatic amines is 1. The van der Waals surface area contributed by atoms with Crippen molar-refractivity contribution < 1.29 is 17.9 Å². The predicted octanol–water partition coefficient (Wildman–Crippen LogP) is 6.80. The zero-order valence-corrected chi connectivity index (χ0v) is 21.3. The van der Waals surface area contributed by atoms with E-state index >= 15 is 0 Å². The van der Waals surface area contributed by atoms with E-state index in [4.69, 9.17) is 4.74 Å². The van der Waals surface area contributed by atoms with Crippen LogP contribution in [0.15, 0.2) is 102 Å². The summed E-state index contributed by atoms with van der Waals surface area (Å²) in [6.45, 7) is 1.94. The summed E-state index contributed by atoms with van der Waals surface area (Å²) in [6, 6.07) is 27.3. The minimum atomic E-state index is -4.72. The molecule has 40 heavy (non-hydrogen) atoms. The monoisotopic (exact) mass is 537 g/mol. The van der Waals surface area contributed by atoms with Crippen molar-refractivity contribution in [1.29, 1.82) is 0 Å². The van der Waals surface area contributed by atoms with Crippen molar-refractivity contribution in [2.75, 3.05) is 0 Å². The van der Waals surface area contributed by atoms with Crippen LogP contribution in [0, 0.1) is 18.8 Å². The first-order valence-corrected chi connectivity index (χ1v) is 12.3. The number of nitrogens with one attached hydrogen (secondary N) is 1. The van der Waals surface area contributed by atoms with E-state index in [0.29, 0.717) is 11.1 Å². The van der Waals surface area contributed by atoms with Gasteiger partial charge in [0.1, 0.15) is 18.2 Å². The lowest BCUT2D eigenvalue weighted by Gasteiger charge is -2.17. The van der Waals surface area contributed by atoms with Crippen LogP contribution < -0.4 is 10.4 Å². The molecular weight excluding hydrogens is 515 g/mol. The number of ether oxygens (including phenoxy) is 1. The molecule has 0 saturated carbocycles. The zero-order valence-electron chi connectivity index (χ0n) is 21.3. The van der Waals surface area contributed by atoms with Gasteiger partial charge in [-0.15, -0.1) is 0 Å². The third-order valence-electron chi connectivity index (χ3n) is 5.96. The number of nitrogens with zero attached hydrogens (tertiary/aromatic N) is 2. The first-order chi connectivity index (χ1) is 19.3. The van der Waals surface area contributed by atoms with Gasteiger partial charge in [-0.1, -0.05) is 65.9 Å². The Bertz CT molecular complexity index is 1770. The summed E-state index contributed by atoms with van der Waals surface area (Å²) in [5.74, 6) is 5.72. The molecule has 5 rings (SSSR count). The number of rotatable bonds is 5. The summed E-state index contributed by atoms with van der Waals surface area (Å²) in [5.41, 5.74) is 1.61. The van der Waals surface area contributed by atoms with Gasteiger partial charge in [-0.05, 0) is 61.0 Å². The second-order valence-corrected chi connectivity index (χ2v) is 8.97. The maximum absolute atomic E-state index is 14.1. The molecule has 0 aliphatic carbocycles. The minimum absolute atomic E-state index is 0.0251. The van der Waals surface area contributed by atoms with Gasteiger partial charge in [0.2, 0.25) is 0 Å². The second kappa shape index (κ2) is 11.3. The summed E-state index contributed by atoms with van der Waals surface area (Å²) < 4.78 is 48.1. The molecule has 0 aliphatic heterocycles. The highest BCUT2D eigenvalue weighted by atomic mass is 19.4. The first kappa shape index (κ1) is 26.4. The Morgan fingerprint density at radius 3 is 2.23 bits per heavy atom. The van der Waals surface area contributed by atoms with Crippen molar-refractivity contribution in [2.45, 2.75) is 19.7 Å². The molecule has 5 nitrogen and oxygen atoms in total. The van der Waals surface area contributed by atoms with Crippen molar-refractivity contribution in [3.63, 3.8) is 0 Å². The predicted molar refractivity (Wildman–Crippen MR) is 146 cm³/mol. The zero-order chi connectivity index (χ0) is 28.1. The molecule has 0 unspecified atom stereocenters. The van der Waals surface area contributed by atoms with Crippen molar-refractivity contribution in [1.82, 2.24) is 15.0 Å². The quantitative estimate of drug-likeness (QED) is 0.250. The number of aromatic nitrogens is 3. The van der Waals surface area contributed by atoms with Crippen LogP contribution in [0.5, 0.6) is 5.75 Å². The highest BCUT2D eigenvalue weighted by Crippen LogP contribution is 2.41. The van der Waals surface area contributed by atoms with Gasteiger partial charge in [0.15, 0.2) is 5.82 Å². The van der Waals surface area contributed by atoms with Gasteiger partial charge < -0.3 is 4.74 Å². The molecule has 0 radical (unpaired) electrons. The SMILES string of the molecule is Cc1cccc(COc2cccc(C(F)(F)F)c2-c2nc(-c3ccc(C#Cc4ccccc4)cc3)nc(=O)[nH]2)c1. The normalized spacial score (nSPS) is 11.0. The van der Waals surface area contributed by atoms with Crippen molar-refractivity contribution in [3.8, 4) is 40.4 Å². The molecular formula is C32H22F3N3O2. The number of hydrogen-bond donors (Lipinski definition) is 1. The number of hydrogen-bond acceptors (Lipinski definition) is 4. The standard InChI is InChI=1S/C32H22F3N3O2/c1-21-7-5-10-24(19-21)20-40-27-12-6-11-26(32(33,34)35)28(27)30-36-29(37-31(39)38-30)25-17-15-23(16-18-25)14-13-22-8-3-2-4-9-22/h2-12,15-19H,20H2,1H3,(H,36,37,38,39). The van der Waals surface area contributed by atoms with Gasteiger partial charge >= 0.3 is 11.9 Å². The van der Waals surface area contributed by atoms with Gasteiger partial charge in [0, 0.05) is 16.7 Å². The van der Waals surface area contributed by atoms with Crippen LogP contribution in [-0.4, -0.2) is 15.0 Å². The number of H-pyrrole nitrogens is 1. The Labute approximate surface area is 228 Å². The molecule has 0 aliphatic rings. The Hall–Kier alpha value is -5.16. The molecule has 1 N–H and O–H groups in total. The van der Waals surface area contributed by atoms with Crippen molar-refractivity contribution in [3.05, 3.63) is 135 Å².